The Morgan fingerprint density at radius 1 is 0.185 bits per heavy atom. The fraction of sp³-hybridized carbons (Fsp3) is 0.0833. The topological polar surface area (TPSA) is 118 Å². The second-order valence-corrected chi connectivity index (χ2v) is 25.5. The van der Waals surface area contributed by atoms with Crippen molar-refractivity contribution in [2.75, 3.05) is 46.0 Å². The van der Waals surface area contributed by atoms with Crippen molar-refractivity contribution in [2.45, 2.75) is 27.7 Å². The second-order valence-electron chi connectivity index (χ2n) is 25.5. The van der Waals surface area contributed by atoms with Gasteiger partial charge in [-0.15, -0.1) is 0 Å². The van der Waals surface area contributed by atoms with Gasteiger partial charge >= 0.3 is 23.9 Å². The van der Waals surface area contributed by atoms with Crippen LogP contribution in [0.2, 0.25) is 0 Å². The highest BCUT2D eigenvalue weighted by Crippen LogP contribution is 2.44. The normalized spacial score (nSPS) is 10.9. The maximum atomic E-state index is 13.3. The van der Waals surface area contributed by atoms with Gasteiger partial charge in [0.05, 0.1) is 48.7 Å². The first-order chi connectivity index (χ1) is 53.0. The Balaban J connectivity index is 0.739. The van der Waals surface area contributed by atoms with Crippen molar-refractivity contribution >= 4 is 92.1 Å². The summed E-state index contributed by atoms with van der Waals surface area (Å²) >= 11 is 0. The number of hydrogen-bond acceptors (Lipinski definition) is 12. The van der Waals surface area contributed by atoms with Crippen LogP contribution in [0.4, 0.5) is 68.2 Å². The van der Waals surface area contributed by atoms with Crippen LogP contribution in [-0.2, 0) is 18.9 Å². The minimum atomic E-state index is -0.403. The molecular formula is C96H78N4O8. The highest BCUT2D eigenvalue weighted by molar-refractivity contribution is 5.96. The van der Waals surface area contributed by atoms with E-state index in [0.29, 0.717) is 22.3 Å². The van der Waals surface area contributed by atoms with Gasteiger partial charge < -0.3 is 38.5 Å². The van der Waals surface area contributed by atoms with Gasteiger partial charge in [-0.2, -0.15) is 0 Å². The van der Waals surface area contributed by atoms with Gasteiger partial charge in [0.25, 0.3) is 0 Å². The number of ether oxygens (including phenoxy) is 4. The van der Waals surface area contributed by atoms with E-state index in [1.54, 1.807) is 52.0 Å². The van der Waals surface area contributed by atoms with E-state index in [1.807, 2.05) is 109 Å². The predicted molar refractivity (Wildman–Crippen MR) is 436 cm³/mol. The first-order valence-corrected chi connectivity index (χ1v) is 36.2. The summed E-state index contributed by atoms with van der Waals surface area (Å²) in [4.78, 5) is 61.2. The Morgan fingerprint density at radius 2 is 0.343 bits per heavy atom. The molecule has 0 heterocycles. The van der Waals surface area contributed by atoms with Crippen LogP contribution in [0.1, 0.15) is 69.1 Å². The number of hydrogen-bond donors (Lipinski definition) is 0. The molecule has 0 radical (unpaired) electrons. The lowest BCUT2D eigenvalue weighted by Crippen LogP contribution is -2.12. The number of carbonyl (C=O) groups excluding carboxylic acids is 4. The second kappa shape index (κ2) is 33.3. The van der Waals surface area contributed by atoms with Crippen molar-refractivity contribution in [3.63, 3.8) is 0 Å². The lowest BCUT2D eigenvalue weighted by atomic mass is 10.0. The molecule has 0 bridgehead atoms. The van der Waals surface area contributed by atoms with Crippen LogP contribution < -0.4 is 19.6 Å². The third-order valence-corrected chi connectivity index (χ3v) is 18.7. The summed E-state index contributed by atoms with van der Waals surface area (Å²) in [5, 5.41) is 0. The van der Waals surface area contributed by atoms with Crippen LogP contribution in [0.25, 0.3) is 55.6 Å². The molecule has 14 aromatic rings. The zero-order valence-corrected chi connectivity index (χ0v) is 60.4. The van der Waals surface area contributed by atoms with Crippen molar-refractivity contribution in [2.24, 2.45) is 0 Å². The number of carbonyl (C=O) groups is 4. The molecule has 0 aromatic heterocycles. The third kappa shape index (κ3) is 16.1. The van der Waals surface area contributed by atoms with Gasteiger partial charge in [0, 0.05) is 68.2 Å². The van der Waals surface area contributed by atoms with Crippen LogP contribution in [0.3, 0.4) is 0 Å². The van der Waals surface area contributed by atoms with Gasteiger partial charge in [-0.1, -0.05) is 182 Å². The van der Waals surface area contributed by atoms with E-state index >= 15 is 0 Å². The van der Waals surface area contributed by atoms with E-state index in [-0.39, 0.29) is 38.4 Å². The summed E-state index contributed by atoms with van der Waals surface area (Å²) in [5.74, 6) is -1.56. The smallest absolute Gasteiger partial charge is 0.338 e. The molecule has 108 heavy (non-hydrogen) atoms. The monoisotopic (exact) mass is 1410 g/mol. The lowest BCUT2D eigenvalue weighted by Gasteiger charge is -2.27. The minimum absolute atomic E-state index is 0.249. The number of anilines is 12. The molecule has 0 atom stereocenters. The lowest BCUT2D eigenvalue weighted by molar-refractivity contribution is 0.0517. The molecule has 12 nitrogen and oxygen atoms in total. The Bertz CT molecular complexity index is 5090. The van der Waals surface area contributed by atoms with Gasteiger partial charge in [-0.25, -0.2) is 19.2 Å². The van der Waals surface area contributed by atoms with Crippen LogP contribution >= 0.6 is 0 Å². The molecule has 0 saturated heterocycles. The Labute approximate surface area is 630 Å². The fourth-order valence-electron chi connectivity index (χ4n) is 13.4. The standard InChI is InChI=1S/C96H78N4O8/c1-5-105-93(101)77-23-15-27-89(63-77)97(81-47-31-69(32-48-81)67-19-11-9-12-20-67)83-51-35-71(36-52-83)73-39-55-85(56-40-73)99(91-29-17-25-79(65-91)95(103)107-7-3)87-59-43-75(44-60-87)76-45-61-88(62-46-76)100(92-30-18-26-80(66-92)96(104)108-8-4)86-57-41-74(42-58-86)72-37-53-84(54-38-72)98(90-28-16-24-78(64-90)94(102)106-6-2)82-49-33-70(34-50-82)68-21-13-10-14-22-68/h9-66H,5-8H2,1-4H3. The molecule has 0 saturated carbocycles. The molecule has 14 aromatic carbocycles. The van der Waals surface area contributed by atoms with E-state index in [1.165, 1.54) is 0 Å². The molecule has 0 aliphatic heterocycles. The van der Waals surface area contributed by atoms with Gasteiger partial charge in [-0.3, -0.25) is 0 Å². The van der Waals surface area contributed by atoms with Gasteiger partial charge in [-0.05, 0) is 253 Å². The van der Waals surface area contributed by atoms with Gasteiger partial charge in [0.2, 0.25) is 0 Å². The maximum absolute atomic E-state index is 13.3. The quantitative estimate of drug-likeness (QED) is 0.0400. The average Bonchev–Trinajstić information content (AvgIpc) is 0.789. The number of benzene rings is 14. The minimum Gasteiger partial charge on any atom is -0.462 e. The first kappa shape index (κ1) is 71.2. The highest BCUT2D eigenvalue weighted by atomic mass is 16.5. The predicted octanol–water partition coefficient (Wildman–Crippen LogP) is 24.6. The first-order valence-electron chi connectivity index (χ1n) is 36.2. The van der Waals surface area contributed by atoms with E-state index in [4.69, 9.17) is 18.9 Å². The summed E-state index contributed by atoms with van der Waals surface area (Å²) in [7, 11) is 0. The molecule has 14 rings (SSSR count). The molecule has 0 spiro atoms. The summed E-state index contributed by atoms with van der Waals surface area (Å²) in [6, 6.07) is 118. The molecule has 530 valence electrons. The van der Waals surface area contributed by atoms with Crippen molar-refractivity contribution < 1.29 is 38.1 Å². The summed E-state index contributed by atoms with van der Waals surface area (Å²) < 4.78 is 21.8. The van der Waals surface area contributed by atoms with E-state index in [2.05, 4.69) is 238 Å². The van der Waals surface area contributed by atoms with Crippen LogP contribution in [0, 0.1) is 0 Å². The SMILES string of the molecule is CCOC(=O)c1cccc(N(c2ccc(-c3ccccc3)cc2)c2ccc(-c3ccc(N(c4ccc(-c5ccc(N(c6ccc(-c7ccc(N(c8ccc(-c9ccccc9)cc8)c8cccc(C(=O)OCC)c8)cc7)cc6)c6cccc(C(=O)OCC)c6)cc5)cc4)c4cccc(C(=O)OCC)c4)cc3)cc2)c1. The Kier molecular flexibility index (Phi) is 21.9. The zero-order chi connectivity index (χ0) is 74.3. The molecule has 0 aliphatic rings. The van der Waals surface area contributed by atoms with Crippen molar-refractivity contribution in [1.82, 2.24) is 0 Å². The maximum Gasteiger partial charge on any atom is 0.338 e. The number of rotatable bonds is 25. The highest BCUT2D eigenvalue weighted by Gasteiger charge is 2.23. The molecular weight excluding hydrogens is 1340 g/mol. The molecule has 0 N–H and O–H groups in total. The van der Waals surface area contributed by atoms with Crippen LogP contribution in [-0.4, -0.2) is 50.3 Å². The van der Waals surface area contributed by atoms with E-state index in [9.17, 15) is 19.2 Å². The number of nitrogens with zero attached hydrogens (tertiary/aromatic N) is 4. The molecule has 0 unspecified atom stereocenters. The third-order valence-electron chi connectivity index (χ3n) is 18.7. The Hall–Kier alpha value is -13.8. The molecule has 12 heteroatoms. The average molecular weight is 1420 g/mol. The largest absolute Gasteiger partial charge is 0.462 e. The molecule has 0 aliphatic carbocycles. The summed E-state index contributed by atoms with van der Waals surface area (Å²) in [6.07, 6.45) is 0. The van der Waals surface area contributed by atoms with Crippen LogP contribution in [0.15, 0.2) is 352 Å². The molecule has 0 amide bonds. The summed E-state index contributed by atoms with van der Waals surface area (Å²) in [6.45, 7) is 8.26. The van der Waals surface area contributed by atoms with Gasteiger partial charge in [0.15, 0.2) is 0 Å². The van der Waals surface area contributed by atoms with Crippen molar-refractivity contribution in [1.29, 1.82) is 0 Å². The van der Waals surface area contributed by atoms with E-state index in [0.717, 1.165) is 124 Å². The number of esters is 4. The van der Waals surface area contributed by atoms with Crippen molar-refractivity contribution in [3.8, 4) is 55.6 Å². The van der Waals surface area contributed by atoms with Crippen molar-refractivity contribution in [3.05, 3.63) is 374 Å². The van der Waals surface area contributed by atoms with Gasteiger partial charge in [0.1, 0.15) is 0 Å². The zero-order valence-electron chi connectivity index (χ0n) is 60.4. The fourth-order valence-corrected chi connectivity index (χ4v) is 13.4. The molecule has 0 fully saturated rings. The Morgan fingerprint density at radius 3 is 0.500 bits per heavy atom. The van der Waals surface area contributed by atoms with Crippen LogP contribution in [0.5, 0.6) is 0 Å². The summed E-state index contributed by atoms with van der Waals surface area (Å²) in [5.41, 5.74) is 22.5. The van der Waals surface area contributed by atoms with E-state index < -0.39 is 11.9 Å².